The number of ether oxygens (including phenoxy) is 1. The fourth-order valence-corrected chi connectivity index (χ4v) is 4.59. The van der Waals surface area contributed by atoms with Crippen LogP contribution in [0.3, 0.4) is 0 Å². The summed E-state index contributed by atoms with van der Waals surface area (Å²) in [4.78, 5) is 12.5. The molecule has 1 amide bonds. The van der Waals surface area contributed by atoms with E-state index < -0.39 is 39.8 Å². The molecule has 0 fully saturated rings. The molecule has 0 bridgehead atoms. The van der Waals surface area contributed by atoms with Gasteiger partial charge in [-0.1, -0.05) is 35.9 Å². The van der Waals surface area contributed by atoms with Gasteiger partial charge >= 0.3 is 0 Å². The summed E-state index contributed by atoms with van der Waals surface area (Å²) in [7, 11) is -4.18. The number of nitrogens with one attached hydrogen (secondary N) is 1. The van der Waals surface area contributed by atoms with Crippen LogP contribution in [0.15, 0.2) is 71.6 Å². The maximum atomic E-state index is 13.9. The number of anilines is 1. The zero-order chi connectivity index (χ0) is 24.0. The Balaban J connectivity index is 1.91. The van der Waals surface area contributed by atoms with Gasteiger partial charge in [-0.2, -0.15) is 4.31 Å². The molecule has 0 saturated carbocycles. The summed E-state index contributed by atoms with van der Waals surface area (Å²) >= 11 is 6.19. The number of benzene rings is 3. The fourth-order valence-electron chi connectivity index (χ4n) is 3.02. The maximum absolute atomic E-state index is 13.9. The normalized spacial score (nSPS) is 11.4. The lowest BCUT2D eigenvalue weighted by Crippen LogP contribution is -2.37. The lowest BCUT2D eigenvalue weighted by Gasteiger charge is -2.23. The number of sulfonamides is 1. The van der Waals surface area contributed by atoms with E-state index in [4.69, 9.17) is 16.3 Å². The number of hydrogen-bond donors (Lipinski definition) is 1. The Labute approximate surface area is 195 Å². The van der Waals surface area contributed by atoms with E-state index in [2.05, 4.69) is 5.32 Å². The lowest BCUT2D eigenvalue weighted by atomic mass is 10.2. The first kappa shape index (κ1) is 24.6. The van der Waals surface area contributed by atoms with Crippen LogP contribution in [-0.2, 0) is 21.4 Å². The molecule has 0 spiro atoms. The van der Waals surface area contributed by atoms with E-state index in [1.807, 2.05) is 0 Å². The SMILES string of the molecule is CCOc1ccc(S(=O)(=O)N(CC(=O)Nc2c(F)cccc2F)Cc2ccccc2Cl)cc1. The van der Waals surface area contributed by atoms with Crippen molar-refractivity contribution in [2.24, 2.45) is 0 Å². The summed E-state index contributed by atoms with van der Waals surface area (Å²) in [6.07, 6.45) is 0. The van der Waals surface area contributed by atoms with Crippen LogP contribution < -0.4 is 10.1 Å². The van der Waals surface area contributed by atoms with E-state index in [9.17, 15) is 22.0 Å². The summed E-state index contributed by atoms with van der Waals surface area (Å²) in [5.74, 6) is -2.38. The van der Waals surface area contributed by atoms with Crippen molar-refractivity contribution in [2.45, 2.75) is 18.4 Å². The first-order chi connectivity index (χ1) is 15.7. The summed E-state index contributed by atoms with van der Waals surface area (Å²) in [5, 5.41) is 2.42. The molecular formula is C23H21ClF2N2O4S. The molecule has 0 atom stereocenters. The Bertz CT molecular complexity index is 1220. The minimum Gasteiger partial charge on any atom is -0.494 e. The summed E-state index contributed by atoms with van der Waals surface area (Å²) in [5.41, 5.74) is -0.197. The standard InChI is InChI=1S/C23H21ClF2N2O4S/c1-2-32-17-10-12-18(13-11-17)33(30,31)28(14-16-6-3-4-7-19(16)24)15-22(29)27-23-20(25)8-5-9-21(23)26/h3-13H,2,14-15H2,1H3,(H,27,29). The van der Waals surface area contributed by atoms with Crippen LogP contribution in [0.2, 0.25) is 5.02 Å². The Morgan fingerprint density at radius 2 is 1.64 bits per heavy atom. The third kappa shape index (κ3) is 6.07. The third-order valence-electron chi connectivity index (χ3n) is 4.62. The van der Waals surface area contributed by atoms with E-state index in [1.165, 1.54) is 24.3 Å². The predicted molar refractivity (Wildman–Crippen MR) is 122 cm³/mol. The van der Waals surface area contributed by atoms with Gasteiger partial charge in [0.1, 0.15) is 23.1 Å². The molecule has 0 aliphatic rings. The second-order valence-corrected chi connectivity index (χ2v) is 9.26. The largest absolute Gasteiger partial charge is 0.494 e. The van der Waals surface area contributed by atoms with Gasteiger partial charge in [-0.3, -0.25) is 4.79 Å². The summed E-state index contributed by atoms with van der Waals surface area (Å²) < 4.78 is 60.8. The van der Waals surface area contributed by atoms with Gasteiger partial charge in [-0.15, -0.1) is 0 Å². The second-order valence-electron chi connectivity index (χ2n) is 6.91. The maximum Gasteiger partial charge on any atom is 0.243 e. The van der Waals surface area contributed by atoms with Crippen molar-refractivity contribution in [3.8, 4) is 5.75 Å². The molecule has 0 aromatic heterocycles. The van der Waals surface area contributed by atoms with Crippen LogP contribution in [0.1, 0.15) is 12.5 Å². The number of para-hydroxylation sites is 1. The van der Waals surface area contributed by atoms with Crippen LogP contribution in [0.5, 0.6) is 5.75 Å². The third-order valence-corrected chi connectivity index (χ3v) is 6.80. The van der Waals surface area contributed by atoms with Crippen molar-refractivity contribution < 1.29 is 26.7 Å². The highest BCUT2D eigenvalue weighted by Gasteiger charge is 2.28. The van der Waals surface area contributed by atoms with Gasteiger partial charge in [0.25, 0.3) is 0 Å². The van der Waals surface area contributed by atoms with Crippen LogP contribution >= 0.6 is 11.6 Å². The topological polar surface area (TPSA) is 75.7 Å². The van der Waals surface area contributed by atoms with E-state index in [-0.39, 0.29) is 11.4 Å². The molecule has 0 heterocycles. The average molecular weight is 495 g/mol. The van der Waals surface area contributed by atoms with Crippen LogP contribution in [0, 0.1) is 11.6 Å². The van der Waals surface area contributed by atoms with Gasteiger partial charge in [0, 0.05) is 11.6 Å². The van der Waals surface area contributed by atoms with E-state index >= 15 is 0 Å². The average Bonchev–Trinajstić information content (AvgIpc) is 2.78. The molecule has 0 radical (unpaired) electrons. The molecule has 3 aromatic carbocycles. The Morgan fingerprint density at radius 1 is 1.00 bits per heavy atom. The smallest absolute Gasteiger partial charge is 0.243 e. The molecular weight excluding hydrogens is 474 g/mol. The number of amides is 1. The van der Waals surface area contributed by atoms with Crippen LogP contribution in [-0.4, -0.2) is 31.8 Å². The first-order valence-corrected chi connectivity index (χ1v) is 11.7. The molecule has 3 rings (SSSR count). The number of carbonyl (C=O) groups excluding carboxylic acids is 1. The van der Waals surface area contributed by atoms with Crippen molar-refractivity contribution in [3.63, 3.8) is 0 Å². The highest BCUT2D eigenvalue weighted by molar-refractivity contribution is 7.89. The molecule has 0 aliphatic carbocycles. The molecule has 6 nitrogen and oxygen atoms in total. The fraction of sp³-hybridized carbons (Fsp3) is 0.174. The number of rotatable bonds is 9. The van der Waals surface area contributed by atoms with E-state index in [0.717, 1.165) is 22.5 Å². The molecule has 0 saturated heterocycles. The van der Waals surface area contributed by atoms with Gasteiger partial charge in [-0.05, 0) is 55.0 Å². The zero-order valence-corrected chi connectivity index (χ0v) is 19.2. The molecule has 0 aliphatic heterocycles. The molecule has 0 unspecified atom stereocenters. The lowest BCUT2D eigenvalue weighted by molar-refractivity contribution is -0.116. The van der Waals surface area contributed by atoms with Gasteiger partial charge < -0.3 is 10.1 Å². The minimum atomic E-state index is -4.18. The first-order valence-electron chi connectivity index (χ1n) is 9.92. The van der Waals surface area contributed by atoms with Crippen molar-refractivity contribution in [2.75, 3.05) is 18.5 Å². The second kappa shape index (κ2) is 10.7. The summed E-state index contributed by atoms with van der Waals surface area (Å²) in [6.45, 7) is 1.28. The zero-order valence-electron chi connectivity index (χ0n) is 17.6. The number of nitrogens with zero attached hydrogens (tertiary/aromatic N) is 1. The van der Waals surface area contributed by atoms with Crippen molar-refractivity contribution in [3.05, 3.63) is 89.0 Å². The number of hydrogen-bond acceptors (Lipinski definition) is 4. The Hall–Kier alpha value is -3.01. The van der Waals surface area contributed by atoms with Crippen LogP contribution in [0.4, 0.5) is 14.5 Å². The Morgan fingerprint density at radius 3 is 2.24 bits per heavy atom. The van der Waals surface area contributed by atoms with Crippen molar-refractivity contribution in [1.82, 2.24) is 4.31 Å². The van der Waals surface area contributed by atoms with E-state index in [1.54, 1.807) is 31.2 Å². The molecule has 1 N–H and O–H groups in total. The molecule has 174 valence electrons. The van der Waals surface area contributed by atoms with Crippen molar-refractivity contribution >= 4 is 33.2 Å². The number of carbonyl (C=O) groups is 1. The minimum absolute atomic E-state index is 0.0807. The molecule has 33 heavy (non-hydrogen) atoms. The van der Waals surface area contributed by atoms with Crippen LogP contribution in [0.25, 0.3) is 0 Å². The molecule has 10 heteroatoms. The quantitative estimate of drug-likeness (QED) is 0.461. The van der Waals surface area contributed by atoms with E-state index in [0.29, 0.717) is 22.9 Å². The van der Waals surface area contributed by atoms with Gasteiger partial charge in [0.15, 0.2) is 0 Å². The Kier molecular flexibility index (Phi) is 8.01. The van der Waals surface area contributed by atoms with Gasteiger partial charge in [0.05, 0.1) is 18.0 Å². The van der Waals surface area contributed by atoms with Crippen molar-refractivity contribution in [1.29, 1.82) is 0 Å². The highest BCUT2D eigenvalue weighted by atomic mass is 35.5. The predicted octanol–water partition coefficient (Wildman–Crippen LogP) is 4.85. The number of halogens is 3. The van der Waals surface area contributed by atoms with Gasteiger partial charge in [-0.25, -0.2) is 17.2 Å². The summed E-state index contributed by atoms with van der Waals surface area (Å²) in [6, 6.07) is 15.4. The monoisotopic (exact) mass is 494 g/mol. The highest BCUT2D eigenvalue weighted by Crippen LogP contribution is 2.25. The molecule has 3 aromatic rings. The van der Waals surface area contributed by atoms with Gasteiger partial charge in [0.2, 0.25) is 15.9 Å².